The molecule has 0 atom stereocenters. The van der Waals surface area contributed by atoms with Gasteiger partial charge >= 0.3 is 47.9 Å². The lowest BCUT2D eigenvalue weighted by Gasteiger charge is -2.39. The number of nitro benzene ring substituents is 1. The number of alkyl halides is 18. The lowest BCUT2D eigenvalue weighted by Crippen LogP contribution is -2.66. The molecule has 1 aromatic carbocycles. The molecule has 42 heavy (non-hydrogen) atoms. The molecule has 0 unspecified atom stereocenters. The first-order valence-electron chi connectivity index (χ1n) is 9.66. The Morgan fingerprint density at radius 1 is 0.548 bits per heavy atom. The topological polar surface area (TPSA) is 93.8 Å². The predicted molar refractivity (Wildman–Crippen MR) is 95.9 cm³/mol. The zero-order chi connectivity index (χ0) is 33.1. The summed E-state index contributed by atoms with van der Waals surface area (Å²) < 4.78 is 245. The predicted octanol–water partition coefficient (Wildman–Crippen LogP) is 7.37. The number of para-hydroxylation sites is 2. The maximum atomic E-state index is 13.6. The SMILES string of the molecule is O=[N+]([O-])c1ccccc1Nc1nc(C(C(F)(F)F)(C(F)(F)F)C(F)(F)F)nc(C(C(F)(F)F)(C(F)(F)F)C(F)(F)F)n1. The summed E-state index contributed by atoms with van der Waals surface area (Å²) >= 11 is 0. The average Bonchev–Trinajstić information content (AvgIpc) is 2.67. The standard InChI is InChI=1S/C17H5F18N5O2/c18-12(19,20)10(13(21,22)23,14(24,25)26)7-37-8(11(15(27,28)29,16(30,31)32)17(33,34)35)39-9(38-7)36-5-3-1-2-4-6(5)40(41)42/h1-4H,(H,36,37,38,39). The van der Waals surface area contributed by atoms with E-state index in [1.54, 1.807) is 0 Å². The second-order valence-corrected chi connectivity index (χ2v) is 7.69. The van der Waals surface area contributed by atoms with Gasteiger partial charge < -0.3 is 5.32 Å². The largest absolute Gasteiger partial charge is 0.419 e. The van der Waals surface area contributed by atoms with Crippen LogP contribution < -0.4 is 5.32 Å². The molecule has 1 N–H and O–H groups in total. The molecule has 1 aromatic heterocycles. The molecule has 236 valence electrons. The number of nitro groups is 1. The van der Waals surface area contributed by atoms with E-state index >= 15 is 0 Å². The first kappa shape index (κ1) is 34.4. The summed E-state index contributed by atoms with van der Waals surface area (Å²) in [4.78, 5) is 14.8. The van der Waals surface area contributed by atoms with Crippen molar-refractivity contribution in [2.24, 2.45) is 0 Å². The third-order valence-electron chi connectivity index (χ3n) is 5.20. The van der Waals surface area contributed by atoms with Crippen LogP contribution in [0.2, 0.25) is 0 Å². The number of rotatable bonds is 5. The van der Waals surface area contributed by atoms with Crippen molar-refractivity contribution in [3.05, 3.63) is 46.0 Å². The Hall–Kier alpha value is -3.83. The van der Waals surface area contributed by atoms with Crippen molar-refractivity contribution in [2.75, 3.05) is 5.32 Å². The third kappa shape index (κ3) is 5.15. The van der Waals surface area contributed by atoms with Gasteiger partial charge in [-0.15, -0.1) is 0 Å². The van der Waals surface area contributed by atoms with Crippen LogP contribution in [0.25, 0.3) is 0 Å². The summed E-state index contributed by atoms with van der Waals surface area (Å²) in [6.07, 6.45) is -47.1. The monoisotopic (exact) mass is 653 g/mol. The number of hydrogen-bond acceptors (Lipinski definition) is 6. The van der Waals surface area contributed by atoms with E-state index in [2.05, 4.69) is 0 Å². The van der Waals surface area contributed by atoms with Crippen molar-refractivity contribution in [3.63, 3.8) is 0 Å². The van der Waals surface area contributed by atoms with E-state index in [9.17, 15) is 89.1 Å². The van der Waals surface area contributed by atoms with E-state index in [0.29, 0.717) is 18.2 Å². The van der Waals surface area contributed by atoms with Gasteiger partial charge in [-0.25, -0.2) is 4.98 Å². The Morgan fingerprint density at radius 3 is 1.14 bits per heavy atom. The highest BCUT2D eigenvalue weighted by atomic mass is 19.4. The average molecular weight is 653 g/mol. The molecule has 0 aliphatic carbocycles. The fraction of sp³-hybridized carbons (Fsp3) is 0.471. The Morgan fingerprint density at radius 2 is 0.857 bits per heavy atom. The molecular weight excluding hydrogens is 648 g/mol. The lowest BCUT2D eigenvalue weighted by molar-refractivity contribution is -0.391. The van der Waals surface area contributed by atoms with Crippen molar-refractivity contribution in [1.82, 2.24) is 15.0 Å². The fourth-order valence-electron chi connectivity index (χ4n) is 3.35. The minimum atomic E-state index is -7.85. The van der Waals surface area contributed by atoms with Crippen LogP contribution in [0.15, 0.2) is 24.3 Å². The summed E-state index contributed by atoms with van der Waals surface area (Å²) in [6, 6.07) is 2.27. The van der Waals surface area contributed by atoms with Crippen LogP contribution in [0, 0.1) is 10.1 Å². The van der Waals surface area contributed by atoms with Gasteiger partial charge in [0.25, 0.3) is 5.69 Å². The molecule has 2 rings (SSSR count). The molecule has 25 heteroatoms. The molecule has 0 fully saturated rings. The van der Waals surface area contributed by atoms with Crippen LogP contribution in [-0.4, -0.2) is 56.9 Å². The zero-order valence-electron chi connectivity index (χ0n) is 18.7. The summed E-state index contributed by atoms with van der Waals surface area (Å²) in [6.45, 7) is 0. The highest BCUT2D eigenvalue weighted by Gasteiger charge is 2.89. The van der Waals surface area contributed by atoms with E-state index < -0.39 is 81.8 Å². The van der Waals surface area contributed by atoms with Crippen LogP contribution >= 0.6 is 0 Å². The van der Waals surface area contributed by atoms with E-state index in [1.165, 1.54) is 4.98 Å². The molecule has 0 saturated heterocycles. The molecular formula is C17H5F18N5O2. The van der Waals surface area contributed by atoms with Crippen LogP contribution in [0.3, 0.4) is 0 Å². The van der Waals surface area contributed by atoms with Crippen molar-refractivity contribution in [3.8, 4) is 0 Å². The fourth-order valence-corrected chi connectivity index (χ4v) is 3.35. The molecule has 0 saturated carbocycles. The number of anilines is 2. The highest BCUT2D eigenvalue weighted by Crippen LogP contribution is 2.62. The van der Waals surface area contributed by atoms with Crippen molar-refractivity contribution in [2.45, 2.75) is 47.9 Å². The van der Waals surface area contributed by atoms with Gasteiger partial charge in [0, 0.05) is 6.07 Å². The van der Waals surface area contributed by atoms with E-state index in [-0.39, 0.29) is 0 Å². The Balaban J connectivity index is 3.32. The molecule has 0 radical (unpaired) electrons. The van der Waals surface area contributed by atoms with Gasteiger partial charge in [0.1, 0.15) is 5.69 Å². The number of hydrogen-bond donors (Lipinski definition) is 1. The van der Waals surface area contributed by atoms with Gasteiger partial charge in [-0.1, -0.05) is 12.1 Å². The molecule has 0 bridgehead atoms. The zero-order valence-corrected chi connectivity index (χ0v) is 18.7. The van der Waals surface area contributed by atoms with Crippen LogP contribution in [0.5, 0.6) is 0 Å². The summed E-state index contributed by atoms with van der Waals surface area (Å²) in [7, 11) is 0. The highest BCUT2D eigenvalue weighted by molar-refractivity contribution is 5.66. The second-order valence-electron chi connectivity index (χ2n) is 7.69. The number of halogens is 18. The molecule has 2 aromatic rings. The van der Waals surface area contributed by atoms with Crippen molar-refractivity contribution in [1.29, 1.82) is 0 Å². The quantitative estimate of drug-likeness (QED) is 0.206. The van der Waals surface area contributed by atoms with Crippen LogP contribution in [0.4, 0.5) is 96.4 Å². The minimum absolute atomic E-state index is 0.371. The Bertz CT molecular complexity index is 1180. The maximum absolute atomic E-state index is 13.6. The molecule has 7 nitrogen and oxygen atoms in total. The number of aromatic nitrogens is 3. The van der Waals surface area contributed by atoms with Gasteiger partial charge in [-0.2, -0.15) is 89.0 Å². The first-order valence-corrected chi connectivity index (χ1v) is 9.66. The smallest absolute Gasteiger partial charge is 0.318 e. The molecule has 0 aliphatic heterocycles. The Labute approximate surface area is 216 Å². The molecule has 1 heterocycles. The normalized spacial score (nSPS) is 14.6. The van der Waals surface area contributed by atoms with Crippen molar-refractivity contribution >= 4 is 17.3 Å². The van der Waals surface area contributed by atoms with Crippen molar-refractivity contribution < 1.29 is 84.0 Å². The lowest BCUT2D eigenvalue weighted by atomic mass is 9.82. The number of nitrogens with zero attached hydrogens (tertiary/aromatic N) is 4. The third-order valence-corrected chi connectivity index (χ3v) is 5.20. The summed E-state index contributed by atoms with van der Waals surface area (Å²) in [5, 5.41) is 12.2. The van der Waals surface area contributed by atoms with Crippen LogP contribution in [0.1, 0.15) is 11.6 Å². The first-order chi connectivity index (χ1) is 18.5. The van der Waals surface area contributed by atoms with Crippen LogP contribution in [-0.2, 0) is 10.8 Å². The van der Waals surface area contributed by atoms with Gasteiger partial charge in [0.2, 0.25) is 5.95 Å². The van der Waals surface area contributed by atoms with Gasteiger partial charge in [-0.05, 0) is 6.07 Å². The van der Waals surface area contributed by atoms with E-state index in [1.807, 2.05) is 9.97 Å². The van der Waals surface area contributed by atoms with Gasteiger partial charge in [0.15, 0.2) is 11.6 Å². The van der Waals surface area contributed by atoms with Gasteiger partial charge in [0.05, 0.1) is 4.92 Å². The Kier molecular flexibility index (Phi) is 8.08. The summed E-state index contributed by atoms with van der Waals surface area (Å²) in [5.74, 6) is -11.0. The van der Waals surface area contributed by atoms with E-state index in [0.717, 1.165) is 11.4 Å². The molecule has 0 spiro atoms. The maximum Gasteiger partial charge on any atom is 0.419 e. The van der Waals surface area contributed by atoms with E-state index in [4.69, 9.17) is 0 Å². The number of benzene rings is 1. The minimum Gasteiger partial charge on any atom is -0.318 e. The second kappa shape index (κ2) is 9.88. The number of nitrogens with one attached hydrogen (secondary N) is 1. The molecule has 0 amide bonds. The summed E-state index contributed by atoms with van der Waals surface area (Å²) in [5.41, 5.74) is -17.9. The molecule has 0 aliphatic rings. The van der Waals surface area contributed by atoms with Gasteiger partial charge in [-0.3, -0.25) is 10.1 Å².